The van der Waals surface area contributed by atoms with Gasteiger partial charge >= 0.3 is 11.9 Å². The molecule has 0 spiro atoms. The third-order valence-corrected chi connectivity index (χ3v) is 6.72. The first-order chi connectivity index (χ1) is 17.2. The maximum atomic E-state index is 13.5. The zero-order valence-corrected chi connectivity index (χ0v) is 19.5. The molecule has 2 atom stereocenters. The van der Waals surface area contributed by atoms with E-state index >= 15 is 0 Å². The Morgan fingerprint density at radius 1 is 0.686 bits per heavy atom. The van der Waals surface area contributed by atoms with E-state index in [1.54, 1.807) is 12.1 Å². The molecule has 0 amide bonds. The SMILES string of the molecule is COC(=O)c1ccc([C@H]2CC[C@@H]2C(=O)Oc2c(-c3ccccc3)cccc2-c2ccccc2)cc1. The summed E-state index contributed by atoms with van der Waals surface area (Å²) in [4.78, 5) is 25.2. The molecule has 0 saturated heterocycles. The molecule has 1 aliphatic carbocycles. The normalized spacial score (nSPS) is 16.7. The van der Waals surface area contributed by atoms with Gasteiger partial charge in [0.1, 0.15) is 5.75 Å². The third-order valence-electron chi connectivity index (χ3n) is 6.72. The maximum Gasteiger partial charge on any atom is 0.337 e. The van der Waals surface area contributed by atoms with Crippen molar-refractivity contribution in [2.45, 2.75) is 18.8 Å². The molecule has 1 fully saturated rings. The van der Waals surface area contributed by atoms with E-state index in [-0.39, 0.29) is 23.8 Å². The van der Waals surface area contributed by atoms with Gasteiger partial charge in [-0.15, -0.1) is 0 Å². The fraction of sp³-hybridized carbons (Fsp3) is 0.161. The Labute approximate surface area is 205 Å². The molecule has 4 nitrogen and oxygen atoms in total. The zero-order chi connectivity index (χ0) is 24.2. The molecule has 4 aromatic carbocycles. The van der Waals surface area contributed by atoms with Crippen LogP contribution in [0.3, 0.4) is 0 Å². The Balaban J connectivity index is 1.45. The second-order valence-corrected chi connectivity index (χ2v) is 8.74. The topological polar surface area (TPSA) is 52.6 Å². The molecule has 4 heteroatoms. The van der Waals surface area contributed by atoms with Crippen molar-refractivity contribution in [1.29, 1.82) is 0 Å². The Morgan fingerprint density at radius 2 is 1.26 bits per heavy atom. The molecule has 0 bridgehead atoms. The predicted octanol–water partition coefficient (Wildman–Crippen LogP) is 6.91. The summed E-state index contributed by atoms with van der Waals surface area (Å²) in [6.07, 6.45) is 1.68. The fourth-order valence-corrected chi connectivity index (χ4v) is 4.68. The highest BCUT2D eigenvalue weighted by molar-refractivity contribution is 5.90. The predicted molar refractivity (Wildman–Crippen MR) is 136 cm³/mol. The van der Waals surface area contributed by atoms with Crippen LogP contribution in [0, 0.1) is 5.92 Å². The van der Waals surface area contributed by atoms with E-state index in [4.69, 9.17) is 9.47 Å². The Bertz CT molecular complexity index is 1270. The number of hydrogen-bond donors (Lipinski definition) is 0. The lowest BCUT2D eigenvalue weighted by atomic mass is 9.70. The van der Waals surface area contributed by atoms with Crippen LogP contribution >= 0.6 is 0 Å². The van der Waals surface area contributed by atoms with Gasteiger partial charge in [-0.1, -0.05) is 91.0 Å². The average Bonchev–Trinajstić information content (AvgIpc) is 2.89. The smallest absolute Gasteiger partial charge is 0.337 e. The van der Waals surface area contributed by atoms with Crippen LogP contribution in [0.2, 0.25) is 0 Å². The number of methoxy groups -OCH3 is 1. The zero-order valence-electron chi connectivity index (χ0n) is 19.5. The number of benzene rings is 4. The minimum atomic E-state index is -0.368. The van der Waals surface area contributed by atoms with Crippen LogP contribution in [-0.2, 0) is 9.53 Å². The molecule has 0 unspecified atom stereocenters. The molecule has 0 aromatic heterocycles. The molecule has 4 aromatic rings. The molecule has 174 valence electrons. The van der Waals surface area contributed by atoms with Gasteiger partial charge in [0.2, 0.25) is 0 Å². The van der Waals surface area contributed by atoms with E-state index in [0.29, 0.717) is 11.3 Å². The van der Waals surface area contributed by atoms with Crippen LogP contribution in [0.1, 0.15) is 34.7 Å². The average molecular weight is 463 g/mol. The minimum absolute atomic E-state index is 0.0678. The molecule has 0 aliphatic heterocycles. The molecule has 0 radical (unpaired) electrons. The van der Waals surface area contributed by atoms with Gasteiger partial charge in [0.05, 0.1) is 18.6 Å². The van der Waals surface area contributed by atoms with E-state index in [2.05, 4.69) is 0 Å². The van der Waals surface area contributed by atoms with Crippen LogP contribution in [0.15, 0.2) is 103 Å². The summed E-state index contributed by atoms with van der Waals surface area (Å²) >= 11 is 0. The first kappa shape index (κ1) is 22.6. The lowest BCUT2D eigenvalue weighted by Crippen LogP contribution is -2.34. The summed E-state index contributed by atoms with van der Waals surface area (Å²) in [5.41, 5.74) is 5.30. The Morgan fingerprint density at radius 3 is 1.74 bits per heavy atom. The highest BCUT2D eigenvalue weighted by Gasteiger charge is 2.39. The first-order valence-electron chi connectivity index (χ1n) is 11.8. The maximum absolute atomic E-state index is 13.5. The molecular weight excluding hydrogens is 436 g/mol. The highest BCUT2D eigenvalue weighted by atomic mass is 16.5. The minimum Gasteiger partial charge on any atom is -0.465 e. The second-order valence-electron chi connectivity index (χ2n) is 8.74. The van der Waals surface area contributed by atoms with Gasteiger partial charge in [-0.05, 0) is 47.6 Å². The van der Waals surface area contributed by atoms with Gasteiger partial charge in [0.25, 0.3) is 0 Å². The Kier molecular flexibility index (Phi) is 6.44. The van der Waals surface area contributed by atoms with Crippen molar-refractivity contribution >= 4 is 11.9 Å². The summed E-state index contributed by atoms with van der Waals surface area (Å²) in [5, 5.41) is 0. The van der Waals surface area contributed by atoms with Crippen molar-refractivity contribution in [2.24, 2.45) is 5.92 Å². The number of para-hydroxylation sites is 1. The van der Waals surface area contributed by atoms with E-state index in [0.717, 1.165) is 40.7 Å². The molecule has 5 rings (SSSR count). The number of hydrogen-bond acceptors (Lipinski definition) is 4. The van der Waals surface area contributed by atoms with Crippen LogP contribution in [0.25, 0.3) is 22.3 Å². The quantitative estimate of drug-likeness (QED) is 0.231. The second kappa shape index (κ2) is 9.98. The van der Waals surface area contributed by atoms with Gasteiger partial charge in [-0.2, -0.15) is 0 Å². The summed E-state index contributed by atoms with van der Waals surface area (Å²) < 4.78 is 11.0. The Hall–Kier alpha value is -4.18. The first-order valence-corrected chi connectivity index (χ1v) is 11.8. The standard InChI is InChI=1S/C31H26O4/c1-34-30(32)24-17-15-23(16-18-24)25-19-20-28(25)31(33)35-29-26(21-9-4-2-5-10-21)13-8-14-27(29)22-11-6-3-7-12-22/h2-18,25,28H,19-20H2,1H3/t25-,28+/m1/s1. The van der Waals surface area contributed by atoms with Gasteiger partial charge in [0, 0.05) is 11.1 Å². The van der Waals surface area contributed by atoms with E-state index < -0.39 is 0 Å². The van der Waals surface area contributed by atoms with Crippen molar-refractivity contribution in [2.75, 3.05) is 7.11 Å². The highest BCUT2D eigenvalue weighted by Crippen LogP contribution is 2.45. The number of carbonyl (C=O) groups excluding carboxylic acids is 2. The van der Waals surface area contributed by atoms with Crippen LogP contribution in [-0.4, -0.2) is 19.0 Å². The summed E-state index contributed by atoms with van der Waals surface area (Å²) in [7, 11) is 1.37. The molecule has 0 N–H and O–H groups in total. The molecule has 1 saturated carbocycles. The fourth-order valence-electron chi connectivity index (χ4n) is 4.68. The lowest BCUT2D eigenvalue weighted by molar-refractivity contribution is -0.142. The molecule has 0 heterocycles. The van der Waals surface area contributed by atoms with Gasteiger partial charge in [0.15, 0.2) is 0 Å². The van der Waals surface area contributed by atoms with Crippen molar-refractivity contribution in [1.82, 2.24) is 0 Å². The van der Waals surface area contributed by atoms with E-state index in [9.17, 15) is 9.59 Å². The van der Waals surface area contributed by atoms with Crippen molar-refractivity contribution in [3.63, 3.8) is 0 Å². The van der Waals surface area contributed by atoms with Gasteiger partial charge < -0.3 is 9.47 Å². The van der Waals surface area contributed by atoms with Gasteiger partial charge in [-0.3, -0.25) is 4.79 Å². The van der Waals surface area contributed by atoms with Gasteiger partial charge in [-0.25, -0.2) is 4.79 Å². The monoisotopic (exact) mass is 462 g/mol. The molecule has 1 aliphatic rings. The molecule has 35 heavy (non-hydrogen) atoms. The van der Waals surface area contributed by atoms with Crippen LogP contribution < -0.4 is 4.74 Å². The summed E-state index contributed by atoms with van der Waals surface area (Å²) in [6.45, 7) is 0. The third kappa shape index (κ3) is 4.60. The number of ether oxygens (including phenoxy) is 2. The van der Waals surface area contributed by atoms with Crippen molar-refractivity contribution < 1.29 is 19.1 Å². The van der Waals surface area contributed by atoms with Crippen LogP contribution in [0.4, 0.5) is 0 Å². The number of rotatable bonds is 6. The molecular formula is C31H26O4. The van der Waals surface area contributed by atoms with Crippen molar-refractivity contribution in [3.8, 4) is 28.0 Å². The summed E-state index contributed by atoms with van der Waals surface area (Å²) in [5.74, 6) is -0.169. The lowest BCUT2D eigenvalue weighted by Gasteiger charge is -2.35. The van der Waals surface area contributed by atoms with E-state index in [1.165, 1.54) is 7.11 Å². The number of esters is 2. The van der Waals surface area contributed by atoms with Crippen LogP contribution in [0.5, 0.6) is 5.75 Å². The number of carbonyl (C=O) groups is 2. The van der Waals surface area contributed by atoms with E-state index in [1.807, 2.05) is 91.0 Å². The summed E-state index contributed by atoms with van der Waals surface area (Å²) in [6, 6.07) is 33.3. The largest absolute Gasteiger partial charge is 0.465 e. The van der Waals surface area contributed by atoms with Crippen molar-refractivity contribution in [3.05, 3.63) is 114 Å².